The Morgan fingerprint density at radius 2 is 0.920 bits per heavy atom. The van der Waals surface area contributed by atoms with E-state index in [2.05, 4.69) is 24.3 Å². The van der Waals surface area contributed by atoms with Gasteiger partial charge in [0, 0.05) is 54.7 Å². The summed E-state index contributed by atoms with van der Waals surface area (Å²) < 4.78 is 32.7. The molecule has 25 heavy (non-hydrogen) atoms. The van der Waals surface area contributed by atoms with Crippen molar-refractivity contribution in [3.63, 3.8) is 0 Å². The quantitative estimate of drug-likeness (QED) is 0.484. The molecule has 0 saturated heterocycles. The number of rotatable bonds is 13. The topological polar surface area (TPSA) is 55.4 Å². The van der Waals surface area contributed by atoms with Gasteiger partial charge in [-0.2, -0.15) is 0 Å². The van der Waals surface area contributed by atoms with Gasteiger partial charge in [0.05, 0.1) is 0 Å². The van der Waals surface area contributed by atoms with E-state index in [-0.39, 0.29) is 0 Å². The summed E-state index contributed by atoms with van der Waals surface area (Å²) in [4.78, 5) is 0. The minimum absolute atomic E-state index is 0.763. The SMILES string of the molecule is CO[Si](CCCc1ccc(CC[Si](OC)(OC)OC)cc1)(OC)OC. The summed E-state index contributed by atoms with van der Waals surface area (Å²) >= 11 is 0. The Labute approximate surface area is 154 Å². The molecule has 0 radical (unpaired) electrons. The van der Waals surface area contributed by atoms with Crippen molar-refractivity contribution in [1.29, 1.82) is 0 Å². The fourth-order valence-corrected chi connectivity index (χ4v) is 6.22. The molecule has 6 nitrogen and oxygen atoms in total. The summed E-state index contributed by atoms with van der Waals surface area (Å²) in [6.45, 7) is 0. The zero-order valence-corrected chi connectivity index (χ0v) is 18.3. The van der Waals surface area contributed by atoms with Crippen LogP contribution in [0.25, 0.3) is 0 Å². The van der Waals surface area contributed by atoms with Crippen LogP contribution >= 0.6 is 0 Å². The van der Waals surface area contributed by atoms with Crippen LogP contribution in [0.15, 0.2) is 24.3 Å². The molecule has 0 atom stereocenters. The van der Waals surface area contributed by atoms with Gasteiger partial charge in [-0.1, -0.05) is 24.3 Å². The Morgan fingerprint density at radius 3 is 1.32 bits per heavy atom. The van der Waals surface area contributed by atoms with Gasteiger partial charge < -0.3 is 26.6 Å². The molecule has 1 aromatic carbocycles. The van der Waals surface area contributed by atoms with Crippen molar-refractivity contribution >= 4 is 17.6 Å². The molecule has 0 spiro atoms. The largest absolute Gasteiger partial charge is 0.500 e. The average Bonchev–Trinajstić information content (AvgIpc) is 2.68. The summed E-state index contributed by atoms with van der Waals surface area (Å²) in [5, 5.41) is 0. The highest BCUT2D eigenvalue weighted by Crippen LogP contribution is 2.19. The first-order valence-corrected chi connectivity index (χ1v) is 12.3. The van der Waals surface area contributed by atoms with Gasteiger partial charge in [0.1, 0.15) is 0 Å². The van der Waals surface area contributed by atoms with Crippen molar-refractivity contribution in [1.82, 2.24) is 0 Å². The van der Waals surface area contributed by atoms with E-state index in [0.717, 1.165) is 31.4 Å². The van der Waals surface area contributed by atoms with Gasteiger partial charge in [-0.25, -0.2) is 0 Å². The molecule has 1 rings (SSSR count). The average molecular weight is 389 g/mol. The first kappa shape index (κ1) is 22.5. The number of aryl methyl sites for hydroxylation is 2. The Hall–Kier alpha value is -0.586. The van der Waals surface area contributed by atoms with E-state index in [1.54, 1.807) is 42.7 Å². The summed E-state index contributed by atoms with van der Waals surface area (Å²) in [5.41, 5.74) is 2.55. The van der Waals surface area contributed by atoms with Gasteiger partial charge in [0.15, 0.2) is 0 Å². The smallest absolute Gasteiger partial charge is 0.377 e. The molecule has 1 aromatic rings. The molecule has 0 heterocycles. The lowest BCUT2D eigenvalue weighted by atomic mass is 10.1. The molecule has 0 saturated carbocycles. The molecule has 0 amide bonds. The molecule has 0 fully saturated rings. The third-order valence-electron chi connectivity index (χ3n) is 4.56. The maximum absolute atomic E-state index is 5.46. The van der Waals surface area contributed by atoms with Crippen LogP contribution < -0.4 is 0 Å². The van der Waals surface area contributed by atoms with Gasteiger partial charge >= 0.3 is 17.6 Å². The molecule has 0 unspecified atom stereocenters. The van der Waals surface area contributed by atoms with Crippen LogP contribution in [-0.4, -0.2) is 60.3 Å². The van der Waals surface area contributed by atoms with Crippen LogP contribution in [0.1, 0.15) is 17.5 Å². The zero-order chi connectivity index (χ0) is 18.8. The van der Waals surface area contributed by atoms with Gasteiger partial charge in [0.2, 0.25) is 0 Å². The minimum atomic E-state index is -2.51. The fraction of sp³-hybridized carbons (Fsp3) is 0.647. The van der Waals surface area contributed by atoms with Crippen LogP contribution in [-0.2, 0) is 39.4 Å². The number of benzene rings is 1. The van der Waals surface area contributed by atoms with E-state index in [1.807, 2.05) is 0 Å². The van der Waals surface area contributed by atoms with Gasteiger partial charge in [-0.05, 0) is 30.4 Å². The highest BCUT2D eigenvalue weighted by molar-refractivity contribution is 6.60. The van der Waals surface area contributed by atoms with E-state index >= 15 is 0 Å². The molecule has 0 aromatic heterocycles. The number of hydrogen-bond donors (Lipinski definition) is 0. The molecule has 0 N–H and O–H groups in total. The molecule has 0 aliphatic rings. The van der Waals surface area contributed by atoms with Crippen LogP contribution in [0.5, 0.6) is 0 Å². The minimum Gasteiger partial charge on any atom is -0.377 e. The molecule has 0 aliphatic heterocycles. The highest BCUT2D eigenvalue weighted by atomic mass is 28.4. The lowest BCUT2D eigenvalue weighted by Gasteiger charge is -2.24. The molecule has 8 heteroatoms. The second kappa shape index (κ2) is 11.2. The Kier molecular flexibility index (Phi) is 10.1. The molecular formula is C17H32O6Si2. The van der Waals surface area contributed by atoms with E-state index in [0.29, 0.717) is 0 Å². The summed E-state index contributed by atoms with van der Waals surface area (Å²) in [6.07, 6.45) is 2.81. The third-order valence-corrected chi connectivity index (χ3v) is 10.1. The fourth-order valence-electron chi connectivity index (χ4n) is 2.79. The first-order chi connectivity index (χ1) is 12.0. The van der Waals surface area contributed by atoms with E-state index in [9.17, 15) is 0 Å². The van der Waals surface area contributed by atoms with E-state index in [1.165, 1.54) is 11.1 Å². The first-order valence-electron chi connectivity index (χ1n) is 8.41. The normalized spacial score (nSPS) is 12.6. The van der Waals surface area contributed by atoms with Crippen LogP contribution in [0, 0.1) is 0 Å². The molecule has 144 valence electrons. The van der Waals surface area contributed by atoms with E-state index in [4.69, 9.17) is 26.6 Å². The Balaban J connectivity index is 2.51. The number of hydrogen-bond acceptors (Lipinski definition) is 6. The summed E-state index contributed by atoms with van der Waals surface area (Å²) in [5.74, 6) is 0. The maximum atomic E-state index is 5.46. The van der Waals surface area contributed by atoms with Crippen molar-refractivity contribution in [2.45, 2.75) is 31.4 Å². The molecule has 0 aliphatic carbocycles. The molecular weight excluding hydrogens is 356 g/mol. The summed E-state index contributed by atoms with van der Waals surface area (Å²) in [6, 6.07) is 10.2. The second-order valence-corrected chi connectivity index (χ2v) is 11.9. The Morgan fingerprint density at radius 1 is 0.560 bits per heavy atom. The second-order valence-electron chi connectivity index (χ2n) is 5.76. The van der Waals surface area contributed by atoms with E-state index < -0.39 is 17.6 Å². The van der Waals surface area contributed by atoms with Crippen molar-refractivity contribution in [2.24, 2.45) is 0 Å². The van der Waals surface area contributed by atoms with Crippen molar-refractivity contribution in [3.05, 3.63) is 35.4 Å². The Bertz CT molecular complexity index is 458. The standard InChI is InChI=1S/C17H32O6Si2/c1-18-24(19-2,20-3)14-7-8-16-9-11-17(12-10-16)13-15-25(21-4,22-5)23-6/h9-12H,7-8,13-15H2,1-6H3. The van der Waals surface area contributed by atoms with Gasteiger partial charge in [0.25, 0.3) is 0 Å². The highest BCUT2D eigenvalue weighted by Gasteiger charge is 2.37. The zero-order valence-electron chi connectivity index (χ0n) is 16.3. The van der Waals surface area contributed by atoms with Gasteiger partial charge in [-0.15, -0.1) is 0 Å². The van der Waals surface area contributed by atoms with Crippen molar-refractivity contribution in [2.75, 3.05) is 42.7 Å². The predicted octanol–water partition coefficient (Wildman–Crippen LogP) is 2.92. The lowest BCUT2D eigenvalue weighted by Crippen LogP contribution is -2.43. The van der Waals surface area contributed by atoms with Crippen LogP contribution in [0.4, 0.5) is 0 Å². The van der Waals surface area contributed by atoms with Crippen LogP contribution in [0.3, 0.4) is 0 Å². The molecule has 0 bridgehead atoms. The summed E-state index contributed by atoms with van der Waals surface area (Å²) in [7, 11) is 4.91. The van der Waals surface area contributed by atoms with Crippen LogP contribution in [0.2, 0.25) is 12.1 Å². The predicted molar refractivity (Wildman–Crippen MR) is 102 cm³/mol. The van der Waals surface area contributed by atoms with Crippen molar-refractivity contribution in [3.8, 4) is 0 Å². The third kappa shape index (κ3) is 6.57. The van der Waals surface area contributed by atoms with Crippen molar-refractivity contribution < 1.29 is 26.6 Å². The van der Waals surface area contributed by atoms with Gasteiger partial charge in [-0.3, -0.25) is 0 Å². The lowest BCUT2D eigenvalue weighted by molar-refractivity contribution is 0.123. The maximum Gasteiger partial charge on any atom is 0.500 e. The monoisotopic (exact) mass is 388 g/mol.